The molecule has 0 aliphatic heterocycles. The number of hydrogen-bond donors (Lipinski definition) is 1. The second-order valence-corrected chi connectivity index (χ2v) is 6.45. The zero-order valence-corrected chi connectivity index (χ0v) is 15.6. The van der Waals surface area contributed by atoms with Gasteiger partial charge >= 0.3 is 0 Å². The quantitative estimate of drug-likeness (QED) is 0.391. The lowest BCUT2D eigenvalue weighted by Crippen LogP contribution is -2.24. The monoisotopic (exact) mass is 424 g/mol. The van der Waals surface area contributed by atoms with Crippen LogP contribution in [0.3, 0.4) is 0 Å². The number of ether oxygens (including phenoxy) is 1. The summed E-state index contributed by atoms with van der Waals surface area (Å²) in [5, 5.41) is 5.41. The number of nitrogens with zero attached hydrogens (tertiary/aromatic N) is 1. The van der Waals surface area contributed by atoms with E-state index in [1.54, 1.807) is 18.2 Å². The highest BCUT2D eigenvalue weighted by Gasteiger charge is 2.09. The third-order valence-electron chi connectivity index (χ3n) is 2.72. The average Bonchev–Trinajstić information content (AvgIpc) is 2.52. The number of benzene rings is 2. The number of nitrogens with one attached hydrogen (secondary N) is 1. The van der Waals surface area contributed by atoms with E-state index < -0.39 is 5.91 Å². The SMILES string of the molecule is O=C(COc1cc(Cl)c(Cl)cc1Cl)N/N=C/c1c(Cl)cccc1Cl. The average molecular weight is 427 g/mol. The molecule has 0 fully saturated rings. The minimum atomic E-state index is -0.503. The van der Waals surface area contributed by atoms with Crippen molar-refractivity contribution in [2.24, 2.45) is 5.10 Å². The van der Waals surface area contributed by atoms with Crippen LogP contribution in [0, 0.1) is 0 Å². The third-order valence-corrected chi connectivity index (χ3v) is 4.39. The number of halogens is 5. The predicted molar refractivity (Wildman–Crippen MR) is 99.2 cm³/mol. The number of amides is 1. The van der Waals surface area contributed by atoms with E-state index in [1.807, 2.05) is 0 Å². The second kappa shape index (κ2) is 8.79. The molecule has 1 amide bonds. The number of carbonyl (C=O) groups is 1. The molecule has 0 atom stereocenters. The first-order valence-electron chi connectivity index (χ1n) is 6.41. The summed E-state index contributed by atoms with van der Waals surface area (Å²) < 4.78 is 5.27. The first kappa shape index (κ1) is 19.2. The highest BCUT2D eigenvalue weighted by molar-refractivity contribution is 6.43. The summed E-state index contributed by atoms with van der Waals surface area (Å²) >= 11 is 29.6. The van der Waals surface area contributed by atoms with Crippen molar-refractivity contribution in [2.45, 2.75) is 0 Å². The summed E-state index contributed by atoms with van der Waals surface area (Å²) in [5.41, 5.74) is 2.78. The van der Waals surface area contributed by atoms with Crippen LogP contribution in [0.2, 0.25) is 25.1 Å². The lowest BCUT2D eigenvalue weighted by molar-refractivity contribution is -0.123. The molecule has 24 heavy (non-hydrogen) atoms. The molecule has 0 aromatic heterocycles. The highest BCUT2D eigenvalue weighted by Crippen LogP contribution is 2.33. The molecule has 0 spiro atoms. The summed E-state index contributed by atoms with van der Waals surface area (Å²) in [6, 6.07) is 7.87. The summed E-state index contributed by atoms with van der Waals surface area (Å²) in [7, 11) is 0. The van der Waals surface area contributed by atoms with Crippen LogP contribution < -0.4 is 10.2 Å². The van der Waals surface area contributed by atoms with Gasteiger partial charge in [-0.05, 0) is 18.2 Å². The number of hydrazone groups is 1. The van der Waals surface area contributed by atoms with Gasteiger partial charge in [0, 0.05) is 11.6 Å². The van der Waals surface area contributed by atoms with Crippen LogP contribution in [0.15, 0.2) is 35.4 Å². The van der Waals surface area contributed by atoms with Gasteiger partial charge in [0.2, 0.25) is 0 Å². The van der Waals surface area contributed by atoms with Crippen LogP contribution in [0.25, 0.3) is 0 Å². The Hall–Kier alpha value is -1.17. The van der Waals surface area contributed by atoms with Crippen LogP contribution in [0.5, 0.6) is 5.75 Å². The third kappa shape index (κ3) is 5.16. The van der Waals surface area contributed by atoms with Crippen molar-refractivity contribution in [1.29, 1.82) is 0 Å². The zero-order valence-electron chi connectivity index (χ0n) is 11.8. The molecule has 2 rings (SSSR count). The first-order chi connectivity index (χ1) is 11.4. The Morgan fingerprint density at radius 1 is 1.00 bits per heavy atom. The molecule has 0 bridgehead atoms. The van der Waals surface area contributed by atoms with Crippen molar-refractivity contribution in [3.63, 3.8) is 0 Å². The maximum atomic E-state index is 11.7. The fourth-order valence-corrected chi connectivity index (χ4v) is 2.68. The molecule has 0 aliphatic carbocycles. The van der Waals surface area contributed by atoms with E-state index in [2.05, 4.69) is 10.5 Å². The molecule has 0 saturated heterocycles. The number of carbonyl (C=O) groups excluding carboxylic acids is 1. The van der Waals surface area contributed by atoms with Gasteiger partial charge in [0.1, 0.15) is 5.75 Å². The van der Waals surface area contributed by atoms with Crippen LogP contribution in [-0.4, -0.2) is 18.7 Å². The largest absolute Gasteiger partial charge is 0.482 e. The van der Waals surface area contributed by atoms with Crippen molar-refractivity contribution in [3.8, 4) is 5.75 Å². The Labute approximate surface area is 163 Å². The lowest BCUT2D eigenvalue weighted by Gasteiger charge is -2.08. The molecular weight excluding hydrogens is 417 g/mol. The molecule has 4 nitrogen and oxygen atoms in total. The fraction of sp³-hybridized carbons (Fsp3) is 0.0667. The zero-order chi connectivity index (χ0) is 17.7. The first-order valence-corrected chi connectivity index (χ1v) is 8.30. The molecular formula is C15H9Cl5N2O2. The molecule has 0 heterocycles. The van der Waals surface area contributed by atoms with Crippen LogP contribution in [0.4, 0.5) is 0 Å². The van der Waals surface area contributed by atoms with Gasteiger partial charge in [-0.15, -0.1) is 0 Å². The maximum Gasteiger partial charge on any atom is 0.277 e. The Morgan fingerprint density at radius 3 is 2.29 bits per heavy atom. The minimum Gasteiger partial charge on any atom is -0.482 e. The van der Waals surface area contributed by atoms with E-state index in [1.165, 1.54) is 18.3 Å². The van der Waals surface area contributed by atoms with E-state index in [4.69, 9.17) is 62.7 Å². The predicted octanol–water partition coefficient (Wildman–Crippen LogP) is 5.48. The van der Waals surface area contributed by atoms with E-state index in [-0.39, 0.29) is 22.4 Å². The highest BCUT2D eigenvalue weighted by atomic mass is 35.5. The maximum absolute atomic E-state index is 11.7. The standard InChI is InChI=1S/C15H9Cl5N2O2/c16-9-2-1-3-10(17)8(9)6-21-22-15(23)7-24-14-5-12(19)11(18)4-13(14)20/h1-6H,7H2,(H,22,23)/b21-6+. The van der Waals surface area contributed by atoms with Crippen LogP contribution in [-0.2, 0) is 4.79 Å². The van der Waals surface area contributed by atoms with Crippen molar-refractivity contribution in [3.05, 3.63) is 61.0 Å². The summed E-state index contributed by atoms with van der Waals surface area (Å²) in [6.45, 7) is -0.314. The molecule has 0 aliphatic rings. The summed E-state index contributed by atoms with van der Waals surface area (Å²) in [4.78, 5) is 11.7. The molecule has 9 heteroatoms. The van der Waals surface area contributed by atoms with E-state index in [0.717, 1.165) is 0 Å². The van der Waals surface area contributed by atoms with Gasteiger partial charge < -0.3 is 4.74 Å². The normalized spacial score (nSPS) is 10.9. The molecule has 0 saturated carbocycles. The van der Waals surface area contributed by atoms with E-state index >= 15 is 0 Å². The molecule has 2 aromatic rings. The number of rotatable bonds is 5. The van der Waals surface area contributed by atoms with Crippen LogP contribution in [0.1, 0.15) is 5.56 Å². The van der Waals surface area contributed by atoms with Crippen LogP contribution >= 0.6 is 58.0 Å². The number of hydrogen-bond acceptors (Lipinski definition) is 3. The van der Waals surface area contributed by atoms with Gasteiger partial charge in [-0.25, -0.2) is 5.43 Å². The Bertz CT molecular complexity index is 775. The van der Waals surface area contributed by atoms with E-state index in [0.29, 0.717) is 20.6 Å². The second-order valence-electron chi connectivity index (χ2n) is 4.41. The van der Waals surface area contributed by atoms with Crippen molar-refractivity contribution in [1.82, 2.24) is 5.43 Å². The van der Waals surface area contributed by atoms with Crippen molar-refractivity contribution < 1.29 is 9.53 Å². The van der Waals surface area contributed by atoms with Gasteiger partial charge in [0.15, 0.2) is 6.61 Å². The Balaban J connectivity index is 1.92. The fourth-order valence-electron chi connectivity index (χ4n) is 1.59. The summed E-state index contributed by atoms with van der Waals surface area (Å²) in [5.74, 6) is -0.268. The van der Waals surface area contributed by atoms with Gasteiger partial charge in [-0.2, -0.15) is 5.10 Å². The van der Waals surface area contributed by atoms with Gasteiger partial charge in [0.05, 0.1) is 31.3 Å². The van der Waals surface area contributed by atoms with Crippen molar-refractivity contribution >= 4 is 70.1 Å². The molecule has 0 unspecified atom stereocenters. The summed E-state index contributed by atoms with van der Waals surface area (Å²) in [6.07, 6.45) is 1.34. The minimum absolute atomic E-state index is 0.236. The molecule has 126 valence electrons. The Morgan fingerprint density at radius 2 is 1.62 bits per heavy atom. The van der Waals surface area contributed by atoms with Crippen molar-refractivity contribution in [2.75, 3.05) is 6.61 Å². The van der Waals surface area contributed by atoms with Gasteiger partial charge in [0.25, 0.3) is 5.91 Å². The smallest absolute Gasteiger partial charge is 0.277 e. The molecule has 0 radical (unpaired) electrons. The Kier molecular flexibility index (Phi) is 7.02. The molecule has 2 aromatic carbocycles. The van der Waals surface area contributed by atoms with E-state index in [9.17, 15) is 4.79 Å². The lowest BCUT2D eigenvalue weighted by atomic mass is 10.2. The molecule has 1 N–H and O–H groups in total. The van der Waals surface area contributed by atoms with Gasteiger partial charge in [-0.3, -0.25) is 4.79 Å². The topological polar surface area (TPSA) is 50.7 Å². The van der Waals surface area contributed by atoms with Gasteiger partial charge in [-0.1, -0.05) is 64.1 Å².